The van der Waals surface area contributed by atoms with E-state index in [0.717, 1.165) is 12.1 Å². The Balaban J connectivity index is 2.01. The molecular weight excluding hydrogens is 368 g/mol. The molecule has 0 aromatic heterocycles. The van der Waals surface area contributed by atoms with Crippen LogP contribution in [0.4, 0.5) is 11.4 Å². The zero-order valence-electron chi connectivity index (χ0n) is 17.2. The fourth-order valence-electron chi connectivity index (χ4n) is 2.93. The lowest BCUT2D eigenvalue weighted by Gasteiger charge is -2.23. The maximum Gasteiger partial charge on any atom is 0.306 e. The number of carboxylic acid groups (broad SMARTS) is 1. The second-order valence-electron chi connectivity index (χ2n) is 6.96. The van der Waals surface area contributed by atoms with Gasteiger partial charge in [0, 0.05) is 13.0 Å². The third kappa shape index (κ3) is 7.86. The molecule has 0 saturated heterocycles. The Morgan fingerprint density at radius 3 is 2.48 bits per heavy atom. The molecule has 0 unspecified atom stereocenters. The summed E-state index contributed by atoms with van der Waals surface area (Å²) in [4.78, 5) is 22.8. The molecule has 0 atom stereocenters. The van der Waals surface area contributed by atoms with Gasteiger partial charge in [-0.2, -0.15) is 0 Å². The number of amides is 1. The summed E-state index contributed by atoms with van der Waals surface area (Å²) in [5.41, 5.74) is 5.80. The topological polar surface area (TPSA) is 78.9 Å². The van der Waals surface area contributed by atoms with E-state index in [1.165, 1.54) is 43.2 Å². The first kappa shape index (κ1) is 22.3. The molecule has 1 amide bonds. The smallest absolute Gasteiger partial charge is 0.306 e. The van der Waals surface area contributed by atoms with Crippen molar-refractivity contribution in [1.82, 2.24) is 0 Å². The Morgan fingerprint density at radius 1 is 1.07 bits per heavy atom. The van der Waals surface area contributed by atoms with Gasteiger partial charge in [-0.1, -0.05) is 44.4 Å². The van der Waals surface area contributed by atoms with Gasteiger partial charge in [-0.25, -0.2) is 5.01 Å². The van der Waals surface area contributed by atoms with E-state index in [1.54, 1.807) is 18.2 Å². The lowest BCUT2D eigenvalue weighted by atomic mass is 10.1. The van der Waals surface area contributed by atoms with E-state index in [4.69, 9.17) is 9.84 Å². The van der Waals surface area contributed by atoms with Crippen LogP contribution in [0.15, 0.2) is 48.5 Å². The Bertz CT molecular complexity index is 790. The van der Waals surface area contributed by atoms with Crippen LogP contribution in [0.2, 0.25) is 0 Å². The van der Waals surface area contributed by atoms with E-state index in [0.29, 0.717) is 11.4 Å². The molecule has 6 heteroatoms. The number of aliphatic carboxylic acids is 1. The van der Waals surface area contributed by atoms with Crippen LogP contribution in [-0.2, 0) is 16.0 Å². The van der Waals surface area contributed by atoms with E-state index in [-0.39, 0.29) is 18.9 Å². The number of nitrogens with zero attached hydrogens (tertiary/aromatic N) is 1. The largest absolute Gasteiger partial charge is 0.493 e. The van der Waals surface area contributed by atoms with Crippen LogP contribution >= 0.6 is 0 Å². The number of carbonyl (C=O) groups is 2. The Labute approximate surface area is 172 Å². The van der Waals surface area contributed by atoms with Crippen molar-refractivity contribution >= 4 is 23.3 Å². The van der Waals surface area contributed by atoms with Crippen molar-refractivity contribution in [2.24, 2.45) is 0 Å². The average molecular weight is 399 g/mol. The van der Waals surface area contributed by atoms with Gasteiger partial charge in [0.25, 0.3) is 0 Å². The van der Waals surface area contributed by atoms with Gasteiger partial charge < -0.3 is 9.84 Å². The van der Waals surface area contributed by atoms with Gasteiger partial charge in [-0.3, -0.25) is 15.0 Å². The van der Waals surface area contributed by atoms with Crippen molar-refractivity contribution < 1.29 is 19.4 Å². The number of hydrazine groups is 1. The van der Waals surface area contributed by atoms with Gasteiger partial charge in [0.1, 0.15) is 5.75 Å². The summed E-state index contributed by atoms with van der Waals surface area (Å²) < 4.78 is 5.45. The summed E-state index contributed by atoms with van der Waals surface area (Å²) in [6, 6.07) is 15.1. The van der Waals surface area contributed by atoms with Crippen LogP contribution in [0.5, 0.6) is 5.75 Å². The predicted octanol–water partition coefficient (Wildman–Crippen LogP) is 5.04. The maximum absolute atomic E-state index is 12.2. The third-order valence-corrected chi connectivity index (χ3v) is 4.49. The number of hydrogen-bond donors (Lipinski definition) is 2. The number of ether oxygens (including phenoxy) is 1. The van der Waals surface area contributed by atoms with Crippen LogP contribution in [0.1, 0.15) is 51.5 Å². The van der Waals surface area contributed by atoms with Crippen molar-refractivity contribution in [3.63, 3.8) is 0 Å². The predicted molar refractivity (Wildman–Crippen MR) is 115 cm³/mol. The number of anilines is 2. The minimum atomic E-state index is -0.907. The van der Waals surface area contributed by atoms with Crippen molar-refractivity contribution in [2.45, 2.75) is 52.4 Å². The first-order valence-corrected chi connectivity index (χ1v) is 10.1. The van der Waals surface area contributed by atoms with Crippen LogP contribution in [0.25, 0.3) is 0 Å². The molecule has 0 radical (unpaired) electrons. The van der Waals surface area contributed by atoms with E-state index < -0.39 is 5.97 Å². The van der Waals surface area contributed by atoms with Crippen molar-refractivity contribution in [3.05, 3.63) is 54.1 Å². The quantitative estimate of drug-likeness (QED) is 0.387. The highest BCUT2D eigenvalue weighted by molar-refractivity contribution is 5.93. The summed E-state index contributed by atoms with van der Waals surface area (Å²) in [6.07, 6.45) is 5.88. The zero-order valence-corrected chi connectivity index (χ0v) is 17.2. The number of carboxylic acids is 1. The molecule has 0 fully saturated rings. The van der Waals surface area contributed by atoms with Gasteiger partial charge in [-0.05, 0) is 42.7 Å². The third-order valence-electron chi connectivity index (χ3n) is 4.49. The minimum absolute atomic E-state index is 0.0674. The molecule has 0 aliphatic heterocycles. The first-order chi connectivity index (χ1) is 14.0. The van der Waals surface area contributed by atoms with E-state index in [1.807, 2.05) is 18.2 Å². The van der Waals surface area contributed by atoms with Crippen LogP contribution in [0, 0.1) is 0 Å². The number of unbranched alkanes of at least 4 members (excludes halogenated alkanes) is 3. The standard InChI is InChI=1S/C23H30N2O4/c1-3-4-5-6-8-19-11-13-21(14-12-19)25(18(2)26)24-20-9-7-10-22(17-20)29-16-15-23(27)28/h7,9-14,17,24H,3-6,8,15-16H2,1-2H3,(H,27,28). The molecule has 6 nitrogen and oxygen atoms in total. The lowest BCUT2D eigenvalue weighted by Crippen LogP contribution is -2.34. The molecule has 0 bridgehead atoms. The molecular formula is C23H30N2O4. The fraction of sp³-hybridized carbons (Fsp3) is 0.391. The van der Waals surface area contributed by atoms with Crippen LogP contribution in [0.3, 0.4) is 0 Å². The molecule has 0 spiro atoms. The monoisotopic (exact) mass is 398 g/mol. The molecule has 2 rings (SSSR count). The van der Waals surface area contributed by atoms with Gasteiger partial charge in [0.2, 0.25) is 5.91 Å². The van der Waals surface area contributed by atoms with Gasteiger partial charge in [-0.15, -0.1) is 0 Å². The zero-order chi connectivity index (χ0) is 21.1. The highest BCUT2D eigenvalue weighted by Gasteiger charge is 2.12. The van der Waals surface area contributed by atoms with E-state index >= 15 is 0 Å². The fourth-order valence-corrected chi connectivity index (χ4v) is 2.93. The number of carbonyl (C=O) groups excluding carboxylic acids is 1. The second kappa shape index (κ2) is 11.7. The molecule has 29 heavy (non-hydrogen) atoms. The molecule has 0 aliphatic carbocycles. The minimum Gasteiger partial charge on any atom is -0.493 e. The second-order valence-corrected chi connectivity index (χ2v) is 6.96. The Morgan fingerprint density at radius 2 is 1.83 bits per heavy atom. The molecule has 0 saturated carbocycles. The highest BCUT2D eigenvalue weighted by Crippen LogP contribution is 2.22. The normalized spacial score (nSPS) is 10.4. The van der Waals surface area contributed by atoms with Crippen LogP contribution < -0.4 is 15.2 Å². The first-order valence-electron chi connectivity index (χ1n) is 10.1. The van der Waals surface area contributed by atoms with Gasteiger partial charge in [0.05, 0.1) is 24.4 Å². The summed E-state index contributed by atoms with van der Waals surface area (Å²) in [5, 5.41) is 10.2. The molecule has 0 aliphatic rings. The Hall–Kier alpha value is -3.02. The van der Waals surface area contributed by atoms with Crippen LogP contribution in [-0.4, -0.2) is 23.6 Å². The van der Waals surface area contributed by atoms with E-state index in [2.05, 4.69) is 24.5 Å². The number of aryl methyl sites for hydroxylation is 1. The van der Waals surface area contributed by atoms with Crippen molar-refractivity contribution in [1.29, 1.82) is 0 Å². The molecule has 156 valence electrons. The summed E-state index contributed by atoms with van der Waals surface area (Å²) in [7, 11) is 0. The molecule has 2 N–H and O–H groups in total. The highest BCUT2D eigenvalue weighted by atomic mass is 16.5. The van der Waals surface area contributed by atoms with Gasteiger partial charge >= 0.3 is 5.97 Å². The van der Waals surface area contributed by atoms with Crippen molar-refractivity contribution in [2.75, 3.05) is 17.0 Å². The van der Waals surface area contributed by atoms with Gasteiger partial charge in [0.15, 0.2) is 0 Å². The number of hydrogen-bond acceptors (Lipinski definition) is 4. The molecule has 2 aromatic carbocycles. The average Bonchev–Trinajstić information content (AvgIpc) is 2.70. The number of nitrogens with one attached hydrogen (secondary N) is 1. The molecule has 2 aromatic rings. The maximum atomic E-state index is 12.2. The van der Waals surface area contributed by atoms with Crippen molar-refractivity contribution in [3.8, 4) is 5.75 Å². The number of rotatable bonds is 12. The summed E-state index contributed by atoms with van der Waals surface area (Å²) >= 11 is 0. The summed E-state index contributed by atoms with van der Waals surface area (Å²) in [5.74, 6) is -0.504. The summed E-state index contributed by atoms with van der Waals surface area (Å²) in [6.45, 7) is 3.80. The SMILES string of the molecule is CCCCCCc1ccc(N(Nc2cccc(OCCC(=O)O)c2)C(C)=O)cc1. The Kier molecular flexibility index (Phi) is 9.02. The van der Waals surface area contributed by atoms with E-state index in [9.17, 15) is 9.59 Å². The number of benzene rings is 2. The lowest BCUT2D eigenvalue weighted by molar-refractivity contribution is -0.137. The molecule has 0 heterocycles.